The molecule has 0 saturated heterocycles. The van der Waals surface area contributed by atoms with Crippen LogP contribution in [0.3, 0.4) is 0 Å². The number of rotatable bonds is 7. The van der Waals surface area contributed by atoms with Crippen LogP contribution in [-0.2, 0) is 4.79 Å². The SMILES string of the molecule is CCCN(CC(=O)N(C)C)C(CN)c1ccc(F)cc1. The van der Waals surface area contributed by atoms with Gasteiger partial charge in [0.05, 0.1) is 6.54 Å². The van der Waals surface area contributed by atoms with Gasteiger partial charge >= 0.3 is 0 Å². The summed E-state index contributed by atoms with van der Waals surface area (Å²) in [4.78, 5) is 15.5. The summed E-state index contributed by atoms with van der Waals surface area (Å²) in [7, 11) is 3.48. The van der Waals surface area contributed by atoms with Crippen LogP contribution in [0.1, 0.15) is 24.9 Å². The molecule has 0 spiro atoms. The number of hydrogen-bond donors (Lipinski definition) is 1. The first-order chi connectivity index (χ1) is 9.49. The first-order valence-electron chi connectivity index (χ1n) is 6.89. The fourth-order valence-electron chi connectivity index (χ4n) is 2.13. The maximum Gasteiger partial charge on any atom is 0.236 e. The van der Waals surface area contributed by atoms with Crippen molar-refractivity contribution in [2.75, 3.05) is 33.7 Å². The molecule has 0 bridgehead atoms. The summed E-state index contributed by atoms with van der Waals surface area (Å²) in [6.07, 6.45) is 0.929. The number of nitrogens with two attached hydrogens (primary N) is 1. The van der Waals surface area contributed by atoms with Crippen molar-refractivity contribution < 1.29 is 9.18 Å². The van der Waals surface area contributed by atoms with Crippen molar-refractivity contribution in [3.63, 3.8) is 0 Å². The van der Waals surface area contributed by atoms with E-state index < -0.39 is 0 Å². The van der Waals surface area contributed by atoms with Crippen molar-refractivity contribution >= 4 is 5.91 Å². The standard InChI is InChI=1S/C15H24FN3O/c1-4-9-19(11-15(20)18(2)3)14(10-17)12-5-7-13(16)8-6-12/h5-8,14H,4,9-11,17H2,1-3H3. The third-order valence-electron chi connectivity index (χ3n) is 3.27. The molecule has 1 unspecified atom stereocenters. The van der Waals surface area contributed by atoms with E-state index in [9.17, 15) is 9.18 Å². The Balaban J connectivity index is 2.90. The molecule has 0 saturated carbocycles. The Labute approximate surface area is 120 Å². The lowest BCUT2D eigenvalue weighted by Gasteiger charge is -2.31. The van der Waals surface area contributed by atoms with Crippen LogP contribution >= 0.6 is 0 Å². The average molecular weight is 281 g/mol. The summed E-state index contributed by atoms with van der Waals surface area (Å²) in [5.74, 6) is -0.227. The van der Waals surface area contributed by atoms with Crippen LogP contribution in [0.15, 0.2) is 24.3 Å². The molecular formula is C15H24FN3O. The van der Waals surface area contributed by atoms with Crippen LogP contribution in [-0.4, -0.2) is 49.4 Å². The smallest absolute Gasteiger partial charge is 0.236 e. The van der Waals surface area contributed by atoms with E-state index in [1.807, 2.05) is 0 Å². The van der Waals surface area contributed by atoms with Gasteiger partial charge in [-0.1, -0.05) is 19.1 Å². The number of benzene rings is 1. The molecule has 1 aromatic carbocycles. The molecule has 0 heterocycles. The van der Waals surface area contributed by atoms with Crippen LogP contribution in [0.4, 0.5) is 4.39 Å². The van der Waals surface area contributed by atoms with Crippen LogP contribution in [0.5, 0.6) is 0 Å². The Kier molecular flexibility index (Phi) is 6.61. The fraction of sp³-hybridized carbons (Fsp3) is 0.533. The van der Waals surface area contributed by atoms with Crippen molar-refractivity contribution in [1.82, 2.24) is 9.80 Å². The van der Waals surface area contributed by atoms with Crippen molar-refractivity contribution in [1.29, 1.82) is 0 Å². The van der Waals surface area contributed by atoms with E-state index in [-0.39, 0.29) is 17.8 Å². The van der Waals surface area contributed by atoms with Gasteiger partial charge in [0.25, 0.3) is 0 Å². The van der Waals surface area contributed by atoms with E-state index in [0.717, 1.165) is 18.5 Å². The zero-order valence-corrected chi connectivity index (χ0v) is 12.5. The lowest BCUT2D eigenvalue weighted by atomic mass is 10.0. The maximum absolute atomic E-state index is 13.0. The molecule has 1 amide bonds. The van der Waals surface area contributed by atoms with Crippen LogP contribution in [0.25, 0.3) is 0 Å². The highest BCUT2D eigenvalue weighted by Crippen LogP contribution is 2.20. The fourth-order valence-corrected chi connectivity index (χ4v) is 2.13. The summed E-state index contributed by atoms with van der Waals surface area (Å²) in [5, 5.41) is 0. The molecule has 112 valence electrons. The zero-order valence-electron chi connectivity index (χ0n) is 12.5. The molecular weight excluding hydrogens is 257 g/mol. The third kappa shape index (κ3) is 4.58. The minimum atomic E-state index is -0.268. The number of carbonyl (C=O) groups excluding carboxylic acids is 1. The number of hydrogen-bond acceptors (Lipinski definition) is 3. The normalized spacial score (nSPS) is 12.5. The van der Waals surface area contributed by atoms with Gasteiger partial charge < -0.3 is 10.6 Å². The van der Waals surface area contributed by atoms with E-state index in [4.69, 9.17) is 5.73 Å². The average Bonchev–Trinajstić information content (AvgIpc) is 2.41. The number of carbonyl (C=O) groups is 1. The molecule has 5 heteroatoms. The van der Waals surface area contributed by atoms with Crippen LogP contribution in [0, 0.1) is 5.82 Å². The van der Waals surface area contributed by atoms with Gasteiger partial charge in [-0.15, -0.1) is 0 Å². The Morgan fingerprint density at radius 1 is 1.30 bits per heavy atom. The zero-order chi connectivity index (χ0) is 15.1. The van der Waals surface area contributed by atoms with E-state index in [1.54, 1.807) is 31.1 Å². The summed E-state index contributed by atoms with van der Waals surface area (Å²) in [6.45, 7) is 3.55. The molecule has 4 nitrogen and oxygen atoms in total. The largest absolute Gasteiger partial charge is 0.348 e. The molecule has 0 fully saturated rings. The summed E-state index contributed by atoms with van der Waals surface area (Å²) < 4.78 is 13.0. The molecule has 1 rings (SSSR count). The first kappa shape index (κ1) is 16.6. The Hall–Kier alpha value is -1.46. The predicted octanol–water partition coefficient (Wildman–Crippen LogP) is 1.63. The number of amides is 1. The van der Waals surface area contributed by atoms with Crippen LogP contribution in [0.2, 0.25) is 0 Å². The highest BCUT2D eigenvalue weighted by atomic mass is 19.1. The second kappa shape index (κ2) is 7.97. The van der Waals surface area contributed by atoms with Crippen molar-refractivity contribution in [2.24, 2.45) is 5.73 Å². The Morgan fingerprint density at radius 2 is 1.90 bits per heavy atom. The summed E-state index contributed by atoms with van der Waals surface area (Å²) >= 11 is 0. The van der Waals surface area contributed by atoms with Gasteiger partial charge in [0.1, 0.15) is 5.82 Å². The maximum atomic E-state index is 13.0. The predicted molar refractivity (Wildman–Crippen MR) is 78.8 cm³/mol. The molecule has 0 radical (unpaired) electrons. The second-order valence-electron chi connectivity index (χ2n) is 5.06. The second-order valence-corrected chi connectivity index (χ2v) is 5.06. The van der Waals surface area contributed by atoms with Gasteiger partial charge in [-0.05, 0) is 30.7 Å². The summed E-state index contributed by atoms with van der Waals surface area (Å²) in [5.41, 5.74) is 6.80. The minimum absolute atomic E-state index is 0.0408. The highest BCUT2D eigenvalue weighted by molar-refractivity contribution is 5.77. The first-order valence-corrected chi connectivity index (χ1v) is 6.89. The Morgan fingerprint density at radius 3 is 2.35 bits per heavy atom. The van der Waals surface area contributed by atoms with Gasteiger partial charge in [-0.25, -0.2) is 4.39 Å². The molecule has 2 N–H and O–H groups in total. The molecule has 0 aliphatic rings. The van der Waals surface area contributed by atoms with Gasteiger partial charge in [0.15, 0.2) is 0 Å². The lowest BCUT2D eigenvalue weighted by molar-refractivity contribution is -0.130. The number of nitrogens with zero attached hydrogens (tertiary/aromatic N) is 2. The quantitative estimate of drug-likeness (QED) is 0.826. The van der Waals surface area contributed by atoms with E-state index in [0.29, 0.717) is 13.1 Å². The van der Waals surface area contributed by atoms with Crippen LogP contribution < -0.4 is 5.73 Å². The molecule has 20 heavy (non-hydrogen) atoms. The topological polar surface area (TPSA) is 49.6 Å². The third-order valence-corrected chi connectivity index (χ3v) is 3.27. The van der Waals surface area contributed by atoms with Crippen molar-refractivity contribution in [3.05, 3.63) is 35.6 Å². The van der Waals surface area contributed by atoms with Crippen molar-refractivity contribution in [3.8, 4) is 0 Å². The van der Waals surface area contributed by atoms with Gasteiger partial charge in [0, 0.05) is 26.7 Å². The highest BCUT2D eigenvalue weighted by Gasteiger charge is 2.21. The van der Waals surface area contributed by atoms with Gasteiger partial charge in [0.2, 0.25) is 5.91 Å². The van der Waals surface area contributed by atoms with Gasteiger partial charge in [-0.3, -0.25) is 9.69 Å². The van der Waals surface area contributed by atoms with E-state index >= 15 is 0 Å². The summed E-state index contributed by atoms with van der Waals surface area (Å²) in [6, 6.07) is 6.25. The number of halogens is 1. The van der Waals surface area contributed by atoms with E-state index in [2.05, 4.69) is 11.8 Å². The molecule has 1 aromatic rings. The van der Waals surface area contributed by atoms with E-state index in [1.165, 1.54) is 12.1 Å². The monoisotopic (exact) mass is 281 g/mol. The lowest BCUT2D eigenvalue weighted by Crippen LogP contribution is -2.41. The minimum Gasteiger partial charge on any atom is -0.348 e. The number of likely N-dealkylation sites (N-methyl/N-ethyl adjacent to an activating group) is 1. The molecule has 0 aromatic heterocycles. The Bertz CT molecular complexity index is 420. The molecule has 0 aliphatic heterocycles. The van der Waals surface area contributed by atoms with Crippen molar-refractivity contribution in [2.45, 2.75) is 19.4 Å². The molecule has 0 aliphatic carbocycles. The van der Waals surface area contributed by atoms with Gasteiger partial charge in [-0.2, -0.15) is 0 Å². The molecule has 1 atom stereocenters.